The largest absolute Gasteiger partial charge is 0.444 e. The predicted molar refractivity (Wildman–Crippen MR) is 64.7 cm³/mol. The summed E-state index contributed by atoms with van der Waals surface area (Å²) in [5, 5.41) is 0. The molecular formula is C14H17NO2. The Balaban J connectivity index is 1.75. The first-order valence-corrected chi connectivity index (χ1v) is 6.06. The summed E-state index contributed by atoms with van der Waals surface area (Å²) < 4.78 is 5.40. The van der Waals surface area contributed by atoms with Gasteiger partial charge in [0.2, 0.25) is 0 Å². The molecular weight excluding hydrogens is 214 g/mol. The highest BCUT2D eigenvalue weighted by atomic mass is 16.6. The molecule has 1 aromatic carbocycles. The second-order valence-electron chi connectivity index (χ2n) is 5.80. The van der Waals surface area contributed by atoms with Gasteiger partial charge in [-0.25, -0.2) is 4.79 Å². The number of fused-ring (bicyclic) bond motifs is 3. The lowest BCUT2D eigenvalue weighted by molar-refractivity contribution is 0.0390. The second-order valence-corrected chi connectivity index (χ2v) is 5.80. The number of ether oxygens (including phenoxy) is 1. The maximum atomic E-state index is 11.9. The standard InChI is InChI=1S/C14H17NO2/c1-14(2,3)17-13(16)15-11-8-9-6-4-5-7-10(9)12(11)15/h4-7,11-12H,8H2,1-3H3. The van der Waals surface area contributed by atoms with Gasteiger partial charge in [-0.1, -0.05) is 24.3 Å². The Morgan fingerprint density at radius 2 is 2.06 bits per heavy atom. The third-order valence-electron chi connectivity index (χ3n) is 3.34. The molecule has 1 aromatic rings. The van der Waals surface area contributed by atoms with E-state index in [1.54, 1.807) is 0 Å². The predicted octanol–water partition coefficient (Wildman–Crippen LogP) is 2.90. The number of hydrogen-bond donors (Lipinski definition) is 0. The van der Waals surface area contributed by atoms with Crippen LogP contribution in [0.2, 0.25) is 0 Å². The summed E-state index contributed by atoms with van der Waals surface area (Å²) >= 11 is 0. The topological polar surface area (TPSA) is 29.3 Å². The summed E-state index contributed by atoms with van der Waals surface area (Å²) in [6.45, 7) is 5.70. The van der Waals surface area contributed by atoms with Gasteiger partial charge in [-0.05, 0) is 38.3 Å². The fraction of sp³-hybridized carbons (Fsp3) is 0.500. The maximum absolute atomic E-state index is 11.9. The van der Waals surface area contributed by atoms with E-state index in [0.717, 1.165) is 6.42 Å². The Kier molecular flexibility index (Phi) is 2.03. The molecule has 1 saturated heterocycles. The minimum absolute atomic E-state index is 0.179. The monoisotopic (exact) mass is 231 g/mol. The summed E-state index contributed by atoms with van der Waals surface area (Å²) in [6.07, 6.45) is 0.794. The van der Waals surface area contributed by atoms with Crippen LogP contribution >= 0.6 is 0 Å². The Morgan fingerprint density at radius 3 is 2.76 bits per heavy atom. The molecule has 2 aliphatic rings. The molecule has 0 spiro atoms. The highest BCUT2D eigenvalue weighted by Crippen LogP contribution is 2.52. The van der Waals surface area contributed by atoms with Crippen molar-refractivity contribution in [2.24, 2.45) is 0 Å². The number of nitrogens with zero attached hydrogens (tertiary/aromatic N) is 1. The first-order valence-electron chi connectivity index (χ1n) is 6.06. The fourth-order valence-corrected chi connectivity index (χ4v) is 2.64. The first-order chi connectivity index (χ1) is 7.97. The lowest BCUT2D eigenvalue weighted by atomic mass is 10.1. The van der Waals surface area contributed by atoms with Crippen molar-refractivity contribution in [3.8, 4) is 0 Å². The van der Waals surface area contributed by atoms with Gasteiger partial charge in [0.25, 0.3) is 0 Å². The summed E-state index contributed by atoms with van der Waals surface area (Å²) in [7, 11) is 0. The van der Waals surface area contributed by atoms with Crippen LogP contribution in [0.1, 0.15) is 37.9 Å². The fourth-order valence-electron chi connectivity index (χ4n) is 2.64. The Labute approximate surface area is 101 Å². The Bertz CT molecular complexity index is 475. The van der Waals surface area contributed by atoms with Gasteiger partial charge in [0.05, 0.1) is 12.1 Å². The number of carbonyl (C=O) groups is 1. The number of hydrogen-bond acceptors (Lipinski definition) is 2. The van der Waals surface area contributed by atoms with E-state index >= 15 is 0 Å². The SMILES string of the molecule is CC(C)(C)OC(=O)N1C2Cc3ccccc3C21. The first kappa shape index (κ1) is 10.6. The Hall–Kier alpha value is -1.51. The minimum atomic E-state index is -0.409. The van der Waals surface area contributed by atoms with Crippen LogP contribution in [-0.2, 0) is 11.2 Å². The molecule has 1 amide bonds. The lowest BCUT2D eigenvalue weighted by Crippen LogP contribution is -2.28. The number of carbonyl (C=O) groups excluding carboxylic acids is 1. The Morgan fingerprint density at radius 1 is 1.35 bits per heavy atom. The van der Waals surface area contributed by atoms with Gasteiger partial charge in [0, 0.05) is 0 Å². The zero-order chi connectivity index (χ0) is 12.2. The molecule has 1 heterocycles. The average molecular weight is 231 g/mol. The van der Waals surface area contributed by atoms with Crippen LogP contribution in [-0.4, -0.2) is 22.6 Å². The van der Waals surface area contributed by atoms with E-state index in [9.17, 15) is 4.79 Å². The number of benzene rings is 1. The molecule has 2 atom stereocenters. The molecule has 0 aromatic heterocycles. The molecule has 90 valence electrons. The van der Waals surface area contributed by atoms with Crippen LogP contribution in [0.5, 0.6) is 0 Å². The van der Waals surface area contributed by atoms with Crippen molar-refractivity contribution in [3.05, 3.63) is 35.4 Å². The van der Waals surface area contributed by atoms with Crippen LogP contribution in [0.3, 0.4) is 0 Å². The van der Waals surface area contributed by atoms with E-state index in [-0.39, 0.29) is 12.1 Å². The van der Waals surface area contributed by atoms with E-state index in [2.05, 4.69) is 18.2 Å². The molecule has 3 heteroatoms. The van der Waals surface area contributed by atoms with Crippen molar-refractivity contribution in [2.75, 3.05) is 0 Å². The van der Waals surface area contributed by atoms with Gasteiger partial charge in [0.15, 0.2) is 0 Å². The van der Waals surface area contributed by atoms with E-state index < -0.39 is 5.60 Å². The maximum Gasteiger partial charge on any atom is 0.411 e. The summed E-state index contributed by atoms with van der Waals surface area (Å²) in [5.74, 6) is 0. The van der Waals surface area contributed by atoms with Crippen molar-refractivity contribution < 1.29 is 9.53 Å². The molecule has 0 saturated carbocycles. The average Bonchev–Trinajstić information content (AvgIpc) is 2.80. The van der Waals surface area contributed by atoms with E-state index in [1.165, 1.54) is 11.1 Å². The third-order valence-corrected chi connectivity index (χ3v) is 3.34. The molecule has 2 unspecified atom stereocenters. The third kappa shape index (κ3) is 1.70. The van der Waals surface area contributed by atoms with Gasteiger partial charge >= 0.3 is 6.09 Å². The summed E-state index contributed by atoms with van der Waals surface area (Å²) in [4.78, 5) is 13.8. The normalized spacial score (nSPS) is 25.2. The second kappa shape index (κ2) is 3.25. The van der Waals surface area contributed by atoms with Gasteiger partial charge in [0.1, 0.15) is 5.60 Å². The molecule has 0 radical (unpaired) electrons. The molecule has 1 aliphatic carbocycles. The minimum Gasteiger partial charge on any atom is -0.444 e. The molecule has 3 nitrogen and oxygen atoms in total. The summed E-state index contributed by atoms with van der Waals surface area (Å²) in [5.41, 5.74) is 2.26. The number of amides is 1. The zero-order valence-electron chi connectivity index (χ0n) is 10.4. The lowest BCUT2D eigenvalue weighted by Gasteiger charge is -2.21. The van der Waals surface area contributed by atoms with Crippen molar-refractivity contribution in [1.82, 2.24) is 4.90 Å². The quantitative estimate of drug-likeness (QED) is 0.642. The van der Waals surface area contributed by atoms with Crippen molar-refractivity contribution >= 4 is 6.09 Å². The number of rotatable bonds is 0. The highest BCUT2D eigenvalue weighted by Gasteiger charge is 2.57. The molecule has 3 rings (SSSR count). The highest BCUT2D eigenvalue weighted by molar-refractivity contribution is 5.74. The molecule has 17 heavy (non-hydrogen) atoms. The van der Waals surface area contributed by atoms with E-state index in [4.69, 9.17) is 4.74 Å². The van der Waals surface area contributed by atoms with Crippen LogP contribution in [0.4, 0.5) is 4.79 Å². The molecule has 1 fully saturated rings. The van der Waals surface area contributed by atoms with Crippen LogP contribution in [0.25, 0.3) is 0 Å². The van der Waals surface area contributed by atoms with Crippen LogP contribution < -0.4 is 0 Å². The van der Waals surface area contributed by atoms with Gasteiger partial charge < -0.3 is 4.74 Å². The van der Waals surface area contributed by atoms with Crippen molar-refractivity contribution in [3.63, 3.8) is 0 Å². The molecule has 1 aliphatic heterocycles. The molecule has 0 bridgehead atoms. The smallest absolute Gasteiger partial charge is 0.411 e. The van der Waals surface area contributed by atoms with Crippen molar-refractivity contribution in [2.45, 2.75) is 44.9 Å². The van der Waals surface area contributed by atoms with Crippen molar-refractivity contribution in [1.29, 1.82) is 0 Å². The van der Waals surface area contributed by atoms with Gasteiger partial charge in [-0.2, -0.15) is 0 Å². The molecule has 0 N–H and O–H groups in total. The van der Waals surface area contributed by atoms with Gasteiger partial charge in [-0.15, -0.1) is 0 Å². The summed E-state index contributed by atoms with van der Waals surface area (Å²) in [6, 6.07) is 8.95. The zero-order valence-corrected chi connectivity index (χ0v) is 10.4. The van der Waals surface area contributed by atoms with E-state index in [1.807, 2.05) is 31.7 Å². The van der Waals surface area contributed by atoms with E-state index in [0.29, 0.717) is 6.04 Å². The van der Waals surface area contributed by atoms with Gasteiger partial charge in [-0.3, -0.25) is 4.90 Å². The van der Waals surface area contributed by atoms with Crippen LogP contribution in [0, 0.1) is 0 Å². The van der Waals surface area contributed by atoms with Crippen LogP contribution in [0.15, 0.2) is 24.3 Å².